The molecule has 16 heavy (non-hydrogen) atoms. The fraction of sp³-hybridized carbons (Fsp3) is 0.500. The first-order valence-corrected chi connectivity index (χ1v) is 6.25. The molecule has 1 nitrogen and oxygen atoms in total. The van der Waals surface area contributed by atoms with Crippen molar-refractivity contribution in [1.82, 2.24) is 0 Å². The van der Waals surface area contributed by atoms with Gasteiger partial charge in [-0.2, -0.15) is 5.26 Å². The van der Waals surface area contributed by atoms with Crippen LogP contribution < -0.4 is 0 Å². The van der Waals surface area contributed by atoms with Gasteiger partial charge >= 0.3 is 0 Å². The summed E-state index contributed by atoms with van der Waals surface area (Å²) < 4.78 is 0. The summed E-state index contributed by atoms with van der Waals surface area (Å²) in [6.07, 6.45) is 4.57. The average molecular weight is 232 g/mol. The maximum absolute atomic E-state index is 9.12. The molecule has 0 radical (unpaired) electrons. The lowest BCUT2D eigenvalue weighted by Gasteiger charge is -2.12. The molecule has 1 aromatic rings. The molecule has 0 spiro atoms. The lowest BCUT2D eigenvalue weighted by molar-refractivity contribution is 0.463. The van der Waals surface area contributed by atoms with Gasteiger partial charge in [0.15, 0.2) is 0 Å². The van der Waals surface area contributed by atoms with Crippen molar-refractivity contribution in [3.63, 3.8) is 0 Å². The van der Waals surface area contributed by atoms with Crippen LogP contribution in [0.3, 0.4) is 0 Å². The molecule has 1 aromatic carbocycles. The summed E-state index contributed by atoms with van der Waals surface area (Å²) in [4.78, 5) is 0. The van der Waals surface area contributed by atoms with Crippen molar-refractivity contribution >= 4 is 11.6 Å². The second-order valence-electron chi connectivity index (χ2n) is 5.31. The molecule has 0 amide bonds. The molecule has 2 heteroatoms. The Balaban J connectivity index is 1.68. The highest BCUT2D eigenvalue weighted by Crippen LogP contribution is 2.65. The van der Waals surface area contributed by atoms with Crippen molar-refractivity contribution in [1.29, 1.82) is 5.26 Å². The Morgan fingerprint density at radius 3 is 3.00 bits per heavy atom. The molecule has 0 heterocycles. The van der Waals surface area contributed by atoms with E-state index in [1.54, 1.807) is 0 Å². The topological polar surface area (TPSA) is 23.8 Å². The molecule has 0 bridgehead atoms. The second kappa shape index (κ2) is 3.50. The van der Waals surface area contributed by atoms with Crippen molar-refractivity contribution in [3.05, 3.63) is 34.9 Å². The summed E-state index contributed by atoms with van der Waals surface area (Å²) >= 11 is 5.97. The van der Waals surface area contributed by atoms with Gasteiger partial charge in [0.25, 0.3) is 0 Å². The summed E-state index contributed by atoms with van der Waals surface area (Å²) in [6.45, 7) is 0. The molecule has 3 unspecified atom stereocenters. The van der Waals surface area contributed by atoms with Crippen LogP contribution in [0.5, 0.6) is 0 Å². The number of rotatable bonds is 2. The number of halogens is 1. The molecule has 0 aromatic heterocycles. The molecular weight excluding hydrogens is 218 g/mol. The van der Waals surface area contributed by atoms with E-state index >= 15 is 0 Å². The molecule has 0 saturated heterocycles. The molecule has 2 aliphatic carbocycles. The highest BCUT2D eigenvalue weighted by Gasteiger charge is 2.60. The van der Waals surface area contributed by atoms with E-state index in [1.165, 1.54) is 12.0 Å². The minimum Gasteiger partial charge on any atom is -0.198 e. The van der Waals surface area contributed by atoms with Gasteiger partial charge < -0.3 is 0 Å². The smallest absolute Gasteiger partial charge is 0.0692 e. The molecular formula is C14H14ClN. The Morgan fingerprint density at radius 1 is 1.44 bits per heavy atom. The predicted molar refractivity (Wildman–Crippen MR) is 64.0 cm³/mol. The van der Waals surface area contributed by atoms with E-state index < -0.39 is 0 Å². The van der Waals surface area contributed by atoms with Crippen LogP contribution in [0.25, 0.3) is 0 Å². The summed E-state index contributed by atoms with van der Waals surface area (Å²) in [5, 5.41) is 9.94. The lowest BCUT2D eigenvalue weighted by Crippen LogP contribution is -2.04. The quantitative estimate of drug-likeness (QED) is 0.759. The van der Waals surface area contributed by atoms with E-state index in [1.807, 2.05) is 18.2 Å². The van der Waals surface area contributed by atoms with Gasteiger partial charge in [0.1, 0.15) is 0 Å². The molecule has 3 rings (SSSR count). The zero-order valence-corrected chi connectivity index (χ0v) is 9.87. The van der Waals surface area contributed by atoms with Gasteiger partial charge in [0, 0.05) is 5.02 Å². The average Bonchev–Trinajstić information content (AvgIpc) is 2.82. The third kappa shape index (κ3) is 1.62. The minimum atomic E-state index is 0.0727. The zero-order valence-electron chi connectivity index (χ0n) is 9.12. The number of hydrogen-bond donors (Lipinski definition) is 0. The van der Waals surface area contributed by atoms with Crippen molar-refractivity contribution in [2.45, 2.75) is 25.7 Å². The third-order valence-corrected chi connectivity index (χ3v) is 4.37. The van der Waals surface area contributed by atoms with Gasteiger partial charge in [-0.15, -0.1) is 0 Å². The van der Waals surface area contributed by atoms with Crippen LogP contribution in [0.4, 0.5) is 0 Å². The van der Waals surface area contributed by atoms with E-state index in [0.717, 1.165) is 24.3 Å². The summed E-state index contributed by atoms with van der Waals surface area (Å²) in [6, 6.07) is 10.6. The van der Waals surface area contributed by atoms with Crippen LogP contribution >= 0.6 is 11.6 Å². The predicted octanol–water partition coefficient (Wildman–Crippen LogP) is 3.82. The Bertz CT molecular complexity index is 462. The normalized spacial score (nSPS) is 35.5. The first-order chi connectivity index (χ1) is 7.72. The van der Waals surface area contributed by atoms with Crippen LogP contribution in [0.15, 0.2) is 24.3 Å². The SMILES string of the molecule is N#CC12CC(Cc3cccc(Cl)c3)CC1C2. The summed E-state index contributed by atoms with van der Waals surface area (Å²) in [5.74, 6) is 1.39. The number of nitriles is 1. The Kier molecular flexibility index (Phi) is 2.23. The van der Waals surface area contributed by atoms with Gasteiger partial charge in [-0.1, -0.05) is 23.7 Å². The fourth-order valence-electron chi connectivity index (χ4n) is 3.28. The van der Waals surface area contributed by atoms with E-state index in [-0.39, 0.29) is 5.41 Å². The standard InChI is InChI=1S/C14H14ClN/c15-13-3-1-2-10(6-13)4-11-5-12-8-14(12,7-11)9-16/h1-3,6,11-12H,4-5,7-8H2. The van der Waals surface area contributed by atoms with Gasteiger partial charge in [0.05, 0.1) is 11.5 Å². The zero-order chi connectivity index (χ0) is 11.2. The summed E-state index contributed by atoms with van der Waals surface area (Å²) in [7, 11) is 0. The fourth-order valence-corrected chi connectivity index (χ4v) is 3.49. The monoisotopic (exact) mass is 231 g/mol. The minimum absolute atomic E-state index is 0.0727. The van der Waals surface area contributed by atoms with Crippen LogP contribution in [0.1, 0.15) is 24.8 Å². The van der Waals surface area contributed by atoms with Gasteiger partial charge in [-0.3, -0.25) is 0 Å². The van der Waals surface area contributed by atoms with Gasteiger partial charge in [-0.05, 0) is 55.2 Å². The van der Waals surface area contributed by atoms with E-state index in [0.29, 0.717) is 11.8 Å². The van der Waals surface area contributed by atoms with Crippen LogP contribution in [-0.4, -0.2) is 0 Å². The third-order valence-electron chi connectivity index (χ3n) is 4.14. The molecule has 2 saturated carbocycles. The van der Waals surface area contributed by atoms with Crippen LogP contribution in [-0.2, 0) is 6.42 Å². The number of fused-ring (bicyclic) bond motifs is 1. The Morgan fingerprint density at radius 2 is 2.31 bits per heavy atom. The highest BCUT2D eigenvalue weighted by atomic mass is 35.5. The van der Waals surface area contributed by atoms with Gasteiger partial charge in [-0.25, -0.2) is 0 Å². The second-order valence-corrected chi connectivity index (χ2v) is 5.75. The molecule has 3 atom stereocenters. The van der Waals surface area contributed by atoms with E-state index in [4.69, 9.17) is 16.9 Å². The Hall–Kier alpha value is -1.00. The number of nitrogens with zero attached hydrogens (tertiary/aromatic N) is 1. The van der Waals surface area contributed by atoms with Gasteiger partial charge in [0.2, 0.25) is 0 Å². The maximum atomic E-state index is 9.12. The number of benzene rings is 1. The molecule has 2 fully saturated rings. The molecule has 2 aliphatic rings. The Labute approximate surface area is 101 Å². The molecule has 0 N–H and O–H groups in total. The van der Waals surface area contributed by atoms with Crippen molar-refractivity contribution in [2.24, 2.45) is 17.3 Å². The van der Waals surface area contributed by atoms with Crippen LogP contribution in [0.2, 0.25) is 5.02 Å². The van der Waals surface area contributed by atoms with Crippen molar-refractivity contribution in [2.75, 3.05) is 0 Å². The highest BCUT2D eigenvalue weighted by molar-refractivity contribution is 6.30. The maximum Gasteiger partial charge on any atom is 0.0692 e. The van der Waals surface area contributed by atoms with E-state index in [2.05, 4.69) is 12.1 Å². The largest absolute Gasteiger partial charge is 0.198 e. The summed E-state index contributed by atoms with van der Waals surface area (Å²) in [5.41, 5.74) is 1.38. The van der Waals surface area contributed by atoms with Crippen molar-refractivity contribution < 1.29 is 0 Å². The first-order valence-electron chi connectivity index (χ1n) is 5.87. The molecule has 0 aliphatic heterocycles. The molecule has 82 valence electrons. The number of hydrogen-bond acceptors (Lipinski definition) is 1. The lowest BCUT2D eigenvalue weighted by atomic mass is 9.92. The first kappa shape index (κ1) is 10.2. The van der Waals surface area contributed by atoms with Crippen LogP contribution in [0, 0.1) is 28.6 Å². The van der Waals surface area contributed by atoms with Crippen molar-refractivity contribution in [3.8, 4) is 6.07 Å². The van der Waals surface area contributed by atoms with E-state index in [9.17, 15) is 0 Å².